The number of aliphatic hydroxyl groups excluding tert-OH is 1. The normalized spacial score (nSPS) is 11.9. The van der Waals surface area contributed by atoms with E-state index in [9.17, 15) is 9.90 Å². The van der Waals surface area contributed by atoms with Gasteiger partial charge in [0.2, 0.25) is 0 Å². The number of carbonyl (C=O) groups is 1. The van der Waals surface area contributed by atoms with Crippen molar-refractivity contribution in [2.24, 2.45) is 0 Å². The number of ether oxygens (including phenoxy) is 1. The quantitative estimate of drug-likeness (QED) is 0.135. The van der Waals surface area contributed by atoms with Crippen LogP contribution in [0.25, 0.3) is 21.8 Å². The molecule has 4 aromatic rings. The Bertz CT molecular complexity index is 1260. The summed E-state index contributed by atoms with van der Waals surface area (Å²) < 4.78 is 5.14. The molecule has 0 saturated carbocycles. The standard InChI is InChI=1S/C25H26N4O3/c1-2-3-13-32-25(31)27-18-8-6-7-16(14-18)24(30)29-23-19-9-4-5-10-21(19)28-22-15-17(26)11-12-20(22)23/h4-12,14-15,24,30H,2-3,13,26H2,1H3,(H,27,31)(H,28,29). The molecule has 32 heavy (non-hydrogen) atoms. The van der Waals surface area contributed by atoms with Gasteiger partial charge in [0, 0.05) is 27.7 Å². The number of aromatic nitrogens is 1. The molecule has 0 aliphatic carbocycles. The lowest BCUT2D eigenvalue weighted by molar-refractivity contribution is 0.160. The molecule has 1 amide bonds. The van der Waals surface area contributed by atoms with E-state index < -0.39 is 12.3 Å². The number of nitrogen functional groups attached to an aromatic ring is 1. The molecule has 0 spiro atoms. The van der Waals surface area contributed by atoms with E-state index in [2.05, 4.69) is 10.6 Å². The van der Waals surface area contributed by atoms with E-state index in [0.29, 0.717) is 23.5 Å². The van der Waals surface area contributed by atoms with E-state index in [1.807, 2.05) is 49.4 Å². The van der Waals surface area contributed by atoms with E-state index in [1.165, 1.54) is 0 Å². The molecule has 1 heterocycles. The van der Waals surface area contributed by atoms with E-state index >= 15 is 0 Å². The number of anilines is 3. The molecule has 0 fully saturated rings. The van der Waals surface area contributed by atoms with Gasteiger partial charge in [-0.2, -0.15) is 0 Å². The summed E-state index contributed by atoms with van der Waals surface area (Å²) in [6.45, 7) is 2.40. The molecule has 7 nitrogen and oxygen atoms in total. The van der Waals surface area contributed by atoms with Crippen LogP contribution in [-0.2, 0) is 4.74 Å². The van der Waals surface area contributed by atoms with Crippen molar-refractivity contribution in [1.82, 2.24) is 4.98 Å². The number of carbonyl (C=O) groups excluding carboxylic acids is 1. The topological polar surface area (TPSA) is 110 Å². The first-order valence-corrected chi connectivity index (χ1v) is 10.6. The van der Waals surface area contributed by atoms with Gasteiger partial charge in [-0.25, -0.2) is 9.78 Å². The Kier molecular flexibility index (Phi) is 6.37. The number of nitrogens with two attached hydrogens (primary N) is 1. The summed E-state index contributed by atoms with van der Waals surface area (Å²) in [5.74, 6) is 0. The largest absolute Gasteiger partial charge is 0.449 e. The van der Waals surface area contributed by atoms with Crippen LogP contribution in [0.2, 0.25) is 0 Å². The van der Waals surface area contributed by atoms with Crippen molar-refractivity contribution >= 4 is 45.0 Å². The van der Waals surface area contributed by atoms with Gasteiger partial charge in [0.15, 0.2) is 6.23 Å². The highest BCUT2D eigenvalue weighted by Gasteiger charge is 2.15. The molecule has 5 N–H and O–H groups in total. The fourth-order valence-corrected chi connectivity index (χ4v) is 3.54. The van der Waals surface area contributed by atoms with Crippen molar-refractivity contribution in [2.45, 2.75) is 26.0 Å². The van der Waals surface area contributed by atoms with Gasteiger partial charge >= 0.3 is 6.09 Å². The van der Waals surface area contributed by atoms with E-state index in [-0.39, 0.29) is 0 Å². The van der Waals surface area contributed by atoms with Gasteiger partial charge in [0.1, 0.15) is 0 Å². The molecule has 0 bridgehead atoms. The number of para-hydroxylation sites is 1. The molecule has 0 radical (unpaired) electrons. The maximum absolute atomic E-state index is 12.0. The second-order valence-corrected chi connectivity index (χ2v) is 7.57. The van der Waals surface area contributed by atoms with Crippen LogP contribution in [0.5, 0.6) is 0 Å². The predicted octanol–water partition coefficient (Wildman–Crippen LogP) is 5.42. The molecule has 0 aliphatic rings. The first-order valence-electron chi connectivity index (χ1n) is 10.6. The summed E-state index contributed by atoms with van der Waals surface area (Å²) in [6.07, 6.45) is 0.238. The monoisotopic (exact) mass is 430 g/mol. The highest BCUT2D eigenvalue weighted by Crippen LogP contribution is 2.34. The predicted molar refractivity (Wildman–Crippen MR) is 129 cm³/mol. The molecule has 0 saturated heterocycles. The summed E-state index contributed by atoms with van der Waals surface area (Å²) in [7, 11) is 0. The van der Waals surface area contributed by atoms with Crippen molar-refractivity contribution < 1.29 is 14.6 Å². The molecule has 1 aromatic heterocycles. The lowest BCUT2D eigenvalue weighted by atomic mass is 10.1. The fraction of sp³-hybridized carbons (Fsp3) is 0.200. The summed E-state index contributed by atoms with van der Waals surface area (Å²) in [4.78, 5) is 16.6. The van der Waals surface area contributed by atoms with E-state index in [0.717, 1.165) is 40.3 Å². The van der Waals surface area contributed by atoms with Crippen LogP contribution in [-0.4, -0.2) is 22.8 Å². The second-order valence-electron chi connectivity index (χ2n) is 7.57. The Morgan fingerprint density at radius 3 is 2.72 bits per heavy atom. The van der Waals surface area contributed by atoms with Crippen LogP contribution < -0.4 is 16.4 Å². The number of aliphatic hydroxyl groups is 1. The first-order chi connectivity index (χ1) is 15.5. The Labute approximate surface area is 186 Å². The Hall–Kier alpha value is -3.84. The molecular formula is C25H26N4O3. The third kappa shape index (κ3) is 4.73. The second kappa shape index (κ2) is 9.53. The van der Waals surface area contributed by atoms with Crippen molar-refractivity contribution in [3.8, 4) is 0 Å². The summed E-state index contributed by atoms with van der Waals surface area (Å²) in [5, 5.41) is 18.6. The molecule has 4 rings (SSSR count). The Morgan fingerprint density at radius 1 is 1.06 bits per heavy atom. The smallest absolute Gasteiger partial charge is 0.411 e. The van der Waals surface area contributed by atoms with Gasteiger partial charge in [-0.1, -0.05) is 43.7 Å². The SMILES string of the molecule is CCCCOC(=O)Nc1cccc(C(O)Nc2c3ccccc3nc3cc(N)ccc23)c1. The maximum Gasteiger partial charge on any atom is 0.411 e. The molecule has 164 valence electrons. The van der Waals surface area contributed by atoms with E-state index in [4.69, 9.17) is 15.5 Å². The van der Waals surface area contributed by atoms with E-state index in [1.54, 1.807) is 24.3 Å². The van der Waals surface area contributed by atoms with Gasteiger partial charge in [-0.15, -0.1) is 0 Å². The van der Waals surface area contributed by atoms with Crippen molar-refractivity contribution in [2.75, 3.05) is 23.0 Å². The number of unbranched alkanes of at least 4 members (excludes halogenated alkanes) is 1. The Morgan fingerprint density at radius 2 is 1.88 bits per heavy atom. The zero-order valence-corrected chi connectivity index (χ0v) is 17.8. The third-order valence-electron chi connectivity index (χ3n) is 5.17. The highest BCUT2D eigenvalue weighted by atomic mass is 16.5. The zero-order chi connectivity index (χ0) is 22.5. The summed E-state index contributed by atoms with van der Waals surface area (Å²) in [6, 6.07) is 20.3. The molecule has 1 unspecified atom stereocenters. The number of hydrogen-bond donors (Lipinski definition) is 4. The lowest BCUT2D eigenvalue weighted by Gasteiger charge is -2.19. The number of nitrogens with zero attached hydrogens (tertiary/aromatic N) is 1. The minimum absolute atomic E-state index is 0.374. The minimum Gasteiger partial charge on any atom is -0.449 e. The number of hydrogen-bond acceptors (Lipinski definition) is 6. The number of benzene rings is 3. The molecule has 1 atom stereocenters. The molecule has 0 aliphatic heterocycles. The highest BCUT2D eigenvalue weighted by molar-refractivity contribution is 6.08. The van der Waals surface area contributed by atoms with Gasteiger partial charge in [0.05, 0.1) is 23.3 Å². The number of pyridine rings is 1. The van der Waals surface area contributed by atoms with Crippen LogP contribution in [0.3, 0.4) is 0 Å². The van der Waals surface area contributed by atoms with Gasteiger partial charge in [-0.05, 0) is 42.8 Å². The number of amides is 1. The number of fused-ring (bicyclic) bond motifs is 2. The minimum atomic E-state index is -1.01. The summed E-state index contributed by atoms with van der Waals surface area (Å²) in [5.41, 5.74) is 10.0. The zero-order valence-electron chi connectivity index (χ0n) is 17.8. The van der Waals surface area contributed by atoms with Crippen molar-refractivity contribution in [3.63, 3.8) is 0 Å². The average Bonchev–Trinajstić information content (AvgIpc) is 2.79. The van der Waals surface area contributed by atoms with Gasteiger partial charge in [0.25, 0.3) is 0 Å². The van der Waals surface area contributed by atoms with Crippen LogP contribution in [0, 0.1) is 0 Å². The fourth-order valence-electron chi connectivity index (χ4n) is 3.54. The number of nitrogens with one attached hydrogen (secondary N) is 2. The van der Waals surface area contributed by atoms with Crippen molar-refractivity contribution in [1.29, 1.82) is 0 Å². The molecular weight excluding hydrogens is 404 g/mol. The molecule has 7 heteroatoms. The summed E-state index contributed by atoms with van der Waals surface area (Å²) >= 11 is 0. The Balaban J connectivity index is 1.61. The van der Waals surface area contributed by atoms with Crippen LogP contribution >= 0.6 is 0 Å². The molecule has 3 aromatic carbocycles. The average molecular weight is 431 g/mol. The first kappa shape index (κ1) is 21.4. The number of rotatable bonds is 7. The maximum atomic E-state index is 12.0. The van der Waals surface area contributed by atoms with Crippen LogP contribution in [0.4, 0.5) is 21.9 Å². The van der Waals surface area contributed by atoms with Crippen molar-refractivity contribution in [3.05, 3.63) is 72.3 Å². The van der Waals surface area contributed by atoms with Crippen LogP contribution in [0.15, 0.2) is 66.7 Å². The lowest BCUT2D eigenvalue weighted by Crippen LogP contribution is -2.15. The van der Waals surface area contributed by atoms with Gasteiger partial charge < -0.3 is 20.9 Å². The third-order valence-corrected chi connectivity index (χ3v) is 5.17. The van der Waals surface area contributed by atoms with Gasteiger partial charge in [-0.3, -0.25) is 5.32 Å². The van der Waals surface area contributed by atoms with Crippen LogP contribution in [0.1, 0.15) is 31.6 Å².